The second-order valence-electron chi connectivity index (χ2n) is 9.55. The largest absolute Gasteiger partial charge is 0.492 e. The third-order valence-electron chi connectivity index (χ3n) is 7.06. The highest BCUT2D eigenvalue weighted by atomic mass is 32.2. The Kier molecular flexibility index (Phi) is 8.81. The Hall–Kier alpha value is -2.42. The van der Waals surface area contributed by atoms with Crippen LogP contribution >= 0.6 is 0 Å². The van der Waals surface area contributed by atoms with E-state index >= 15 is 0 Å². The Bertz CT molecular complexity index is 1070. The normalized spacial score (nSPS) is 18.3. The van der Waals surface area contributed by atoms with Crippen molar-refractivity contribution < 1.29 is 17.9 Å². The van der Waals surface area contributed by atoms with Crippen molar-refractivity contribution in [2.24, 2.45) is 5.92 Å². The summed E-state index contributed by atoms with van der Waals surface area (Å²) in [7, 11) is -3.43. The highest BCUT2D eigenvalue weighted by Crippen LogP contribution is 2.23. The molecule has 2 aliphatic rings. The van der Waals surface area contributed by atoms with Gasteiger partial charge in [0.1, 0.15) is 12.4 Å². The van der Waals surface area contributed by atoms with Gasteiger partial charge in [-0.3, -0.25) is 9.69 Å². The lowest BCUT2D eigenvalue weighted by molar-refractivity contribution is -0.126. The molecule has 2 heterocycles. The number of hydrogen-bond donors (Lipinski definition) is 1. The molecule has 1 N–H and O–H groups in total. The Labute approximate surface area is 209 Å². The summed E-state index contributed by atoms with van der Waals surface area (Å²) in [6, 6.07) is 15.0. The number of likely N-dealkylation sites (tertiary alicyclic amines) is 1. The van der Waals surface area contributed by atoms with E-state index in [2.05, 4.69) is 41.4 Å². The van der Waals surface area contributed by atoms with Crippen LogP contribution < -0.4 is 10.1 Å². The average molecular weight is 500 g/mol. The highest BCUT2D eigenvalue weighted by molar-refractivity contribution is 7.89. The molecule has 0 saturated carbocycles. The monoisotopic (exact) mass is 499 g/mol. The predicted octanol–water partition coefficient (Wildman–Crippen LogP) is 3.58. The summed E-state index contributed by atoms with van der Waals surface area (Å²) in [6.07, 6.45) is 4.65. The molecule has 0 aromatic heterocycles. The molecule has 0 bridgehead atoms. The Morgan fingerprint density at radius 1 is 0.971 bits per heavy atom. The third kappa shape index (κ3) is 6.84. The number of ether oxygens (including phenoxy) is 1. The van der Waals surface area contributed by atoms with Crippen molar-refractivity contribution in [1.29, 1.82) is 0 Å². The van der Waals surface area contributed by atoms with Crippen molar-refractivity contribution in [2.45, 2.75) is 50.5 Å². The van der Waals surface area contributed by atoms with Crippen LogP contribution in [0.3, 0.4) is 0 Å². The maximum absolute atomic E-state index is 12.7. The molecule has 2 aliphatic heterocycles. The number of sulfonamides is 1. The Balaban J connectivity index is 1.16. The molecule has 0 unspecified atom stereocenters. The molecule has 0 spiro atoms. The van der Waals surface area contributed by atoms with Gasteiger partial charge in [-0.05, 0) is 81.1 Å². The molecule has 2 saturated heterocycles. The van der Waals surface area contributed by atoms with Crippen LogP contribution in [-0.2, 0) is 21.4 Å². The van der Waals surface area contributed by atoms with Crippen LogP contribution in [0.25, 0.3) is 0 Å². The van der Waals surface area contributed by atoms with Crippen LogP contribution in [-0.4, -0.2) is 62.9 Å². The number of aryl methyl sites for hydroxylation is 1. The zero-order valence-corrected chi connectivity index (χ0v) is 21.4. The summed E-state index contributed by atoms with van der Waals surface area (Å²) in [5.74, 6) is 0.732. The minimum atomic E-state index is -3.43. The van der Waals surface area contributed by atoms with Crippen LogP contribution in [0.1, 0.15) is 43.2 Å². The molecule has 2 fully saturated rings. The van der Waals surface area contributed by atoms with Crippen LogP contribution in [0, 0.1) is 12.8 Å². The molecular weight excluding hydrogens is 462 g/mol. The van der Waals surface area contributed by atoms with Gasteiger partial charge in [0.05, 0.1) is 11.4 Å². The van der Waals surface area contributed by atoms with Crippen LogP contribution in [0.2, 0.25) is 0 Å². The molecule has 190 valence electrons. The van der Waals surface area contributed by atoms with E-state index in [9.17, 15) is 13.2 Å². The highest BCUT2D eigenvalue weighted by Gasteiger charge is 2.26. The zero-order valence-electron chi connectivity index (χ0n) is 20.6. The molecule has 1 amide bonds. The maximum Gasteiger partial charge on any atom is 0.243 e. The van der Waals surface area contributed by atoms with E-state index in [-0.39, 0.29) is 11.8 Å². The van der Waals surface area contributed by atoms with Crippen molar-refractivity contribution in [2.75, 3.05) is 39.3 Å². The fraction of sp³-hybridized carbons (Fsp3) is 0.519. The number of carbonyl (C=O) groups is 1. The maximum atomic E-state index is 12.7. The van der Waals surface area contributed by atoms with Gasteiger partial charge in [-0.2, -0.15) is 4.31 Å². The van der Waals surface area contributed by atoms with Gasteiger partial charge in [0.25, 0.3) is 0 Å². The summed E-state index contributed by atoms with van der Waals surface area (Å²) < 4.78 is 32.8. The van der Waals surface area contributed by atoms with Crippen LogP contribution in [0.15, 0.2) is 53.4 Å². The second-order valence-corrected chi connectivity index (χ2v) is 11.5. The number of hydrogen-bond acceptors (Lipinski definition) is 5. The molecule has 35 heavy (non-hydrogen) atoms. The van der Waals surface area contributed by atoms with Gasteiger partial charge in [-0.25, -0.2) is 8.42 Å². The van der Waals surface area contributed by atoms with E-state index in [4.69, 9.17) is 4.74 Å². The SMILES string of the molecule is Cc1ccccc1CN1CCC(C(=O)NCCOc2ccc(S(=O)(=O)N3CCCCC3)cc2)CC1. The van der Waals surface area contributed by atoms with E-state index in [1.807, 2.05) is 0 Å². The Morgan fingerprint density at radius 3 is 2.34 bits per heavy atom. The molecule has 2 aromatic carbocycles. The number of piperidine rings is 2. The van der Waals surface area contributed by atoms with Gasteiger partial charge in [0, 0.05) is 25.6 Å². The van der Waals surface area contributed by atoms with E-state index in [1.54, 1.807) is 28.6 Å². The molecule has 0 atom stereocenters. The first-order valence-electron chi connectivity index (χ1n) is 12.7. The standard InChI is InChI=1S/C27H37N3O4S/c1-22-7-3-4-8-24(22)21-29-18-13-23(14-19-29)27(31)28-15-20-34-25-9-11-26(12-10-25)35(32,33)30-16-5-2-6-17-30/h3-4,7-12,23H,2,5-6,13-21H2,1H3,(H,28,31). The van der Waals surface area contributed by atoms with E-state index in [0.29, 0.717) is 36.9 Å². The first-order valence-corrected chi connectivity index (χ1v) is 14.1. The minimum Gasteiger partial charge on any atom is -0.492 e. The first-order chi connectivity index (χ1) is 16.9. The molecule has 2 aromatic rings. The number of nitrogens with one attached hydrogen (secondary N) is 1. The van der Waals surface area contributed by atoms with E-state index < -0.39 is 10.0 Å². The summed E-state index contributed by atoms with van der Waals surface area (Å²) in [6.45, 7) is 6.88. The molecule has 0 aliphatic carbocycles. The number of amides is 1. The van der Waals surface area contributed by atoms with Gasteiger partial charge in [0.2, 0.25) is 15.9 Å². The lowest BCUT2D eigenvalue weighted by Crippen LogP contribution is -2.41. The molecule has 8 heteroatoms. The fourth-order valence-electron chi connectivity index (χ4n) is 4.83. The molecule has 0 radical (unpaired) electrons. The lowest BCUT2D eigenvalue weighted by atomic mass is 9.95. The Morgan fingerprint density at radius 2 is 1.66 bits per heavy atom. The number of benzene rings is 2. The van der Waals surface area contributed by atoms with E-state index in [1.165, 1.54) is 11.1 Å². The molecule has 4 rings (SSSR count). The van der Waals surface area contributed by atoms with Crippen molar-refractivity contribution in [3.8, 4) is 5.75 Å². The first kappa shape index (κ1) is 25.7. The lowest BCUT2D eigenvalue weighted by Gasteiger charge is -2.31. The topological polar surface area (TPSA) is 79.0 Å². The van der Waals surface area contributed by atoms with Gasteiger partial charge >= 0.3 is 0 Å². The second kappa shape index (κ2) is 12.0. The number of carbonyl (C=O) groups excluding carboxylic acids is 1. The third-order valence-corrected chi connectivity index (χ3v) is 8.97. The van der Waals surface area contributed by atoms with Crippen molar-refractivity contribution >= 4 is 15.9 Å². The van der Waals surface area contributed by atoms with Crippen molar-refractivity contribution in [1.82, 2.24) is 14.5 Å². The molecular formula is C27H37N3O4S. The quantitative estimate of drug-likeness (QED) is 0.534. The zero-order chi connectivity index (χ0) is 24.7. The van der Waals surface area contributed by atoms with Crippen LogP contribution in [0.5, 0.6) is 5.75 Å². The predicted molar refractivity (Wildman–Crippen MR) is 137 cm³/mol. The van der Waals surface area contributed by atoms with Crippen LogP contribution in [0.4, 0.5) is 0 Å². The smallest absolute Gasteiger partial charge is 0.243 e. The summed E-state index contributed by atoms with van der Waals surface area (Å²) >= 11 is 0. The van der Waals surface area contributed by atoms with Gasteiger partial charge in [-0.1, -0.05) is 30.7 Å². The van der Waals surface area contributed by atoms with E-state index in [0.717, 1.165) is 51.7 Å². The fourth-order valence-corrected chi connectivity index (χ4v) is 6.35. The number of rotatable bonds is 9. The molecule has 7 nitrogen and oxygen atoms in total. The number of nitrogens with zero attached hydrogens (tertiary/aromatic N) is 2. The summed E-state index contributed by atoms with van der Waals surface area (Å²) in [5, 5.41) is 2.99. The van der Waals surface area contributed by atoms with Crippen molar-refractivity contribution in [3.05, 3.63) is 59.7 Å². The van der Waals surface area contributed by atoms with Gasteiger partial charge in [-0.15, -0.1) is 0 Å². The summed E-state index contributed by atoms with van der Waals surface area (Å²) in [4.78, 5) is 15.3. The van der Waals surface area contributed by atoms with Crippen molar-refractivity contribution in [3.63, 3.8) is 0 Å². The van der Waals surface area contributed by atoms with Gasteiger partial charge in [0.15, 0.2) is 0 Å². The van der Waals surface area contributed by atoms with Gasteiger partial charge < -0.3 is 10.1 Å². The summed E-state index contributed by atoms with van der Waals surface area (Å²) in [5.41, 5.74) is 2.66. The average Bonchev–Trinajstić information content (AvgIpc) is 2.89. The minimum absolute atomic E-state index is 0.0439.